The minimum Gasteiger partial charge on any atom is -1.00 e. The number of para-hydroxylation sites is 1. The number of hydrogen-bond acceptors (Lipinski definition) is 4. The number of halogens is 1. The number of pyridine rings is 1. The fourth-order valence-electron chi connectivity index (χ4n) is 4.56. The fourth-order valence-corrected chi connectivity index (χ4v) is 5.63. The van der Waals surface area contributed by atoms with Crippen LogP contribution in [0.4, 0.5) is 11.5 Å². The summed E-state index contributed by atoms with van der Waals surface area (Å²) in [5.41, 5.74) is 1.27. The van der Waals surface area contributed by atoms with Gasteiger partial charge in [-0.2, -0.15) is 0 Å². The molecule has 32 heavy (non-hydrogen) atoms. The van der Waals surface area contributed by atoms with Gasteiger partial charge in [0.25, 0.3) is 0 Å². The summed E-state index contributed by atoms with van der Waals surface area (Å²) in [4.78, 5) is 25.7. The number of quaternary nitrogens is 1. The van der Waals surface area contributed by atoms with Crippen LogP contribution < -0.4 is 22.2 Å². The molecule has 0 atom stereocenters. The van der Waals surface area contributed by atoms with Crippen LogP contribution in [0.25, 0.3) is 0 Å². The second-order valence-corrected chi connectivity index (χ2v) is 9.68. The monoisotopic (exact) mass is 474 g/mol. The lowest BCUT2D eigenvalue weighted by molar-refractivity contribution is -0.904. The number of anilines is 2. The number of carbonyl (C=O) groups excluding carboxylic acids is 1. The Labute approximate surface area is 203 Å². The SMILES string of the molecule is CCCCCCC(=O)N1CC[NH+](CCCN2c3ccccc3Sc3cccnc32)CC1.[Cl-]. The molecular formula is C25H35ClN4OS. The van der Waals surface area contributed by atoms with E-state index in [2.05, 4.69) is 52.0 Å². The Morgan fingerprint density at radius 2 is 1.81 bits per heavy atom. The van der Waals surface area contributed by atoms with E-state index in [1.54, 1.807) is 4.90 Å². The van der Waals surface area contributed by atoms with Gasteiger partial charge < -0.3 is 27.1 Å². The standard InChI is InChI=1S/C25H34N4OS.ClH/c1-2-3-4-5-13-24(30)28-19-17-27(18-20-28)15-9-16-29-21-10-6-7-11-22(21)31-23-12-8-14-26-25(23)29;/h6-8,10-12,14H,2-5,9,13,15-20H2,1H3;1H. The first-order valence-electron chi connectivity index (χ1n) is 11.9. The topological polar surface area (TPSA) is 40.9 Å². The normalized spacial score (nSPS) is 15.7. The zero-order chi connectivity index (χ0) is 21.5. The zero-order valence-electron chi connectivity index (χ0n) is 19.1. The maximum absolute atomic E-state index is 12.4. The first-order valence-corrected chi connectivity index (χ1v) is 12.7. The molecular weight excluding hydrogens is 440 g/mol. The molecule has 0 spiro atoms. The van der Waals surface area contributed by atoms with E-state index < -0.39 is 0 Å². The molecule has 1 N–H and O–H groups in total. The molecule has 0 aliphatic carbocycles. The van der Waals surface area contributed by atoms with Gasteiger partial charge in [-0.3, -0.25) is 4.79 Å². The van der Waals surface area contributed by atoms with Gasteiger partial charge in [0, 0.05) is 30.5 Å². The van der Waals surface area contributed by atoms with Crippen LogP contribution in [0.3, 0.4) is 0 Å². The molecule has 2 aliphatic heterocycles. The Morgan fingerprint density at radius 1 is 1.03 bits per heavy atom. The van der Waals surface area contributed by atoms with Crippen molar-refractivity contribution in [2.24, 2.45) is 0 Å². The van der Waals surface area contributed by atoms with Crippen molar-refractivity contribution in [2.45, 2.75) is 55.2 Å². The van der Waals surface area contributed by atoms with Gasteiger partial charge in [0.15, 0.2) is 0 Å². The second kappa shape index (κ2) is 12.5. The minimum atomic E-state index is 0. The Morgan fingerprint density at radius 3 is 2.62 bits per heavy atom. The number of aromatic nitrogens is 1. The highest BCUT2D eigenvalue weighted by Crippen LogP contribution is 2.46. The van der Waals surface area contributed by atoms with Crippen molar-refractivity contribution >= 4 is 29.2 Å². The van der Waals surface area contributed by atoms with Gasteiger partial charge in [0.05, 0.1) is 43.3 Å². The van der Waals surface area contributed by atoms with Crippen LogP contribution in [-0.2, 0) is 4.79 Å². The number of nitrogens with one attached hydrogen (secondary N) is 1. The summed E-state index contributed by atoms with van der Waals surface area (Å²) in [6, 6.07) is 12.8. The van der Waals surface area contributed by atoms with Crippen LogP contribution in [0.1, 0.15) is 45.4 Å². The third-order valence-corrected chi connectivity index (χ3v) is 7.47. The predicted octanol–water partition coefficient (Wildman–Crippen LogP) is 0.776. The fraction of sp³-hybridized carbons (Fsp3) is 0.520. The summed E-state index contributed by atoms with van der Waals surface area (Å²) >= 11 is 1.81. The van der Waals surface area contributed by atoms with E-state index in [1.165, 1.54) is 34.7 Å². The van der Waals surface area contributed by atoms with Gasteiger partial charge in [0.2, 0.25) is 5.91 Å². The number of carbonyl (C=O) groups is 1. The van der Waals surface area contributed by atoms with E-state index in [0.717, 1.165) is 64.3 Å². The van der Waals surface area contributed by atoms with E-state index in [9.17, 15) is 4.79 Å². The number of piperazine rings is 1. The summed E-state index contributed by atoms with van der Waals surface area (Å²) in [5, 5.41) is 0. The molecule has 1 amide bonds. The molecule has 0 bridgehead atoms. The lowest BCUT2D eigenvalue weighted by atomic mass is 10.1. The quantitative estimate of drug-likeness (QED) is 0.545. The van der Waals surface area contributed by atoms with E-state index in [0.29, 0.717) is 5.91 Å². The van der Waals surface area contributed by atoms with Gasteiger partial charge in [0.1, 0.15) is 5.82 Å². The van der Waals surface area contributed by atoms with Crippen LogP contribution in [0, 0.1) is 0 Å². The average molecular weight is 475 g/mol. The van der Waals surface area contributed by atoms with Crippen LogP contribution in [0.15, 0.2) is 52.4 Å². The number of fused-ring (bicyclic) bond motifs is 2. The summed E-state index contributed by atoms with van der Waals surface area (Å²) in [6.07, 6.45) is 8.44. The molecule has 0 unspecified atom stereocenters. The molecule has 4 rings (SSSR count). The number of hydrogen-bond donors (Lipinski definition) is 1. The van der Waals surface area contributed by atoms with E-state index in [-0.39, 0.29) is 12.4 Å². The summed E-state index contributed by atoms with van der Waals surface area (Å²) < 4.78 is 0. The molecule has 1 fully saturated rings. The minimum absolute atomic E-state index is 0. The first kappa shape index (κ1) is 24.9. The summed E-state index contributed by atoms with van der Waals surface area (Å²) in [7, 11) is 0. The molecule has 1 aromatic carbocycles. The van der Waals surface area contributed by atoms with Crippen LogP contribution >= 0.6 is 11.8 Å². The van der Waals surface area contributed by atoms with Crippen molar-refractivity contribution in [2.75, 3.05) is 44.2 Å². The molecule has 1 aromatic heterocycles. The van der Waals surface area contributed by atoms with Crippen LogP contribution in [0.2, 0.25) is 0 Å². The summed E-state index contributed by atoms with van der Waals surface area (Å²) in [6.45, 7) is 8.30. The molecule has 2 aliphatic rings. The highest BCUT2D eigenvalue weighted by molar-refractivity contribution is 7.99. The third kappa shape index (κ3) is 6.18. The van der Waals surface area contributed by atoms with E-state index in [4.69, 9.17) is 0 Å². The Balaban J connectivity index is 0.00000289. The smallest absolute Gasteiger partial charge is 0.222 e. The number of unbranched alkanes of at least 4 members (excludes halogenated alkanes) is 3. The van der Waals surface area contributed by atoms with E-state index in [1.807, 2.05) is 24.0 Å². The number of rotatable bonds is 9. The number of nitrogens with zero attached hydrogens (tertiary/aromatic N) is 3. The average Bonchev–Trinajstić information content (AvgIpc) is 2.81. The molecule has 1 saturated heterocycles. The van der Waals surface area contributed by atoms with Gasteiger partial charge >= 0.3 is 0 Å². The lowest BCUT2D eigenvalue weighted by Gasteiger charge is -2.34. The zero-order valence-corrected chi connectivity index (χ0v) is 20.6. The molecule has 3 heterocycles. The first-order chi connectivity index (χ1) is 15.3. The van der Waals surface area contributed by atoms with Crippen molar-refractivity contribution in [3.05, 3.63) is 42.6 Å². The molecule has 174 valence electrons. The number of amides is 1. The van der Waals surface area contributed by atoms with E-state index >= 15 is 0 Å². The molecule has 0 radical (unpaired) electrons. The largest absolute Gasteiger partial charge is 1.00 e. The second-order valence-electron chi connectivity index (χ2n) is 8.59. The van der Waals surface area contributed by atoms with Crippen molar-refractivity contribution in [3.63, 3.8) is 0 Å². The van der Waals surface area contributed by atoms with Crippen LogP contribution in [0.5, 0.6) is 0 Å². The Bertz CT molecular complexity index is 827. The van der Waals surface area contributed by atoms with Gasteiger partial charge in [-0.15, -0.1) is 0 Å². The predicted molar refractivity (Wildman–Crippen MR) is 127 cm³/mol. The van der Waals surface area contributed by atoms with Crippen LogP contribution in [-0.4, -0.2) is 55.1 Å². The van der Waals surface area contributed by atoms with Crippen molar-refractivity contribution in [1.29, 1.82) is 0 Å². The third-order valence-electron chi connectivity index (χ3n) is 6.36. The molecule has 2 aromatic rings. The maximum atomic E-state index is 12.4. The lowest BCUT2D eigenvalue weighted by Crippen LogP contribution is -3.14. The Hall–Kier alpha value is -1.76. The van der Waals surface area contributed by atoms with Crippen molar-refractivity contribution in [3.8, 4) is 0 Å². The number of benzene rings is 1. The molecule has 0 saturated carbocycles. The molecule has 5 nitrogen and oxygen atoms in total. The van der Waals surface area contributed by atoms with Gasteiger partial charge in [-0.25, -0.2) is 4.98 Å². The van der Waals surface area contributed by atoms with Gasteiger partial charge in [-0.1, -0.05) is 50.1 Å². The Kier molecular flexibility index (Phi) is 9.69. The maximum Gasteiger partial charge on any atom is 0.222 e. The molecule has 7 heteroatoms. The summed E-state index contributed by atoms with van der Waals surface area (Å²) in [5.74, 6) is 1.44. The van der Waals surface area contributed by atoms with Gasteiger partial charge in [-0.05, 0) is 30.7 Å². The van der Waals surface area contributed by atoms with Crippen molar-refractivity contribution < 1.29 is 22.1 Å². The van der Waals surface area contributed by atoms with Crippen molar-refractivity contribution in [1.82, 2.24) is 9.88 Å². The highest BCUT2D eigenvalue weighted by atomic mass is 35.5. The highest BCUT2D eigenvalue weighted by Gasteiger charge is 2.26.